The Morgan fingerprint density at radius 2 is 1.71 bits per heavy atom. The zero-order valence-electron chi connectivity index (χ0n) is 18.0. The molecule has 0 fully saturated rings. The third-order valence-electron chi connectivity index (χ3n) is 4.30. The fourth-order valence-electron chi connectivity index (χ4n) is 2.66. The SMILES string of the molecule is CCCCOc1cc(C(=O)OCCC)ccc1NC(=O)[C@H](N)Cc1ccccc1.Cl.Cl. The molecule has 0 aliphatic heterocycles. The van der Waals surface area contributed by atoms with Crippen LogP contribution >= 0.6 is 24.8 Å². The highest BCUT2D eigenvalue weighted by Crippen LogP contribution is 2.27. The monoisotopic (exact) mass is 470 g/mol. The first-order chi connectivity index (χ1) is 14.0. The molecule has 0 heterocycles. The van der Waals surface area contributed by atoms with Crippen LogP contribution in [0.2, 0.25) is 0 Å². The predicted octanol–water partition coefficient (Wildman–Crippen LogP) is 4.78. The summed E-state index contributed by atoms with van der Waals surface area (Å²) in [5.41, 5.74) is 7.94. The smallest absolute Gasteiger partial charge is 0.338 e. The van der Waals surface area contributed by atoms with E-state index in [2.05, 4.69) is 12.2 Å². The quantitative estimate of drug-likeness (QED) is 0.364. The van der Waals surface area contributed by atoms with Gasteiger partial charge in [-0.3, -0.25) is 4.79 Å². The van der Waals surface area contributed by atoms with Gasteiger partial charge in [-0.25, -0.2) is 4.79 Å². The van der Waals surface area contributed by atoms with E-state index in [9.17, 15) is 9.59 Å². The Morgan fingerprint density at radius 1 is 1.00 bits per heavy atom. The number of carbonyl (C=O) groups is 2. The van der Waals surface area contributed by atoms with Crippen LogP contribution in [0.1, 0.15) is 49.0 Å². The molecule has 172 valence electrons. The minimum absolute atomic E-state index is 0. The first-order valence-corrected chi connectivity index (χ1v) is 10.1. The summed E-state index contributed by atoms with van der Waals surface area (Å²) in [5, 5.41) is 2.83. The van der Waals surface area contributed by atoms with Gasteiger partial charge < -0.3 is 20.5 Å². The van der Waals surface area contributed by atoms with Crippen molar-refractivity contribution < 1.29 is 19.1 Å². The summed E-state index contributed by atoms with van der Waals surface area (Å²) in [6, 6.07) is 13.8. The number of hydrogen-bond donors (Lipinski definition) is 2. The maximum atomic E-state index is 12.6. The molecule has 1 atom stereocenters. The average Bonchev–Trinajstić information content (AvgIpc) is 2.73. The second-order valence-electron chi connectivity index (χ2n) is 6.83. The number of rotatable bonds is 11. The third-order valence-corrected chi connectivity index (χ3v) is 4.30. The molecule has 2 aromatic rings. The summed E-state index contributed by atoms with van der Waals surface area (Å²) in [6.45, 7) is 4.84. The van der Waals surface area contributed by atoms with Crippen molar-refractivity contribution in [3.63, 3.8) is 0 Å². The number of anilines is 1. The summed E-state index contributed by atoms with van der Waals surface area (Å²) < 4.78 is 11.0. The van der Waals surface area contributed by atoms with Gasteiger partial charge in [0.05, 0.1) is 30.5 Å². The number of unbranched alkanes of at least 4 members (excludes halogenated alkanes) is 1. The van der Waals surface area contributed by atoms with Crippen molar-refractivity contribution in [1.82, 2.24) is 0 Å². The van der Waals surface area contributed by atoms with Crippen molar-refractivity contribution in [3.8, 4) is 5.75 Å². The fourth-order valence-corrected chi connectivity index (χ4v) is 2.66. The summed E-state index contributed by atoms with van der Waals surface area (Å²) in [4.78, 5) is 24.7. The molecule has 6 nitrogen and oxygen atoms in total. The van der Waals surface area contributed by atoms with Gasteiger partial charge in [-0.15, -0.1) is 24.8 Å². The second kappa shape index (κ2) is 15.5. The second-order valence-corrected chi connectivity index (χ2v) is 6.83. The molecule has 0 bridgehead atoms. The fraction of sp³-hybridized carbons (Fsp3) is 0.391. The van der Waals surface area contributed by atoms with Crippen molar-refractivity contribution in [3.05, 3.63) is 59.7 Å². The predicted molar refractivity (Wildman–Crippen MR) is 129 cm³/mol. The highest BCUT2D eigenvalue weighted by Gasteiger charge is 2.18. The minimum atomic E-state index is -0.699. The Kier molecular flexibility index (Phi) is 14.4. The summed E-state index contributed by atoms with van der Waals surface area (Å²) in [7, 11) is 0. The van der Waals surface area contributed by atoms with Crippen molar-refractivity contribution >= 4 is 42.4 Å². The van der Waals surface area contributed by atoms with Gasteiger partial charge >= 0.3 is 5.97 Å². The molecule has 2 rings (SSSR count). The van der Waals surface area contributed by atoms with Gasteiger partial charge in [0.2, 0.25) is 5.91 Å². The van der Waals surface area contributed by atoms with Gasteiger partial charge in [-0.2, -0.15) is 0 Å². The average molecular weight is 471 g/mol. The molecule has 1 amide bonds. The highest BCUT2D eigenvalue weighted by atomic mass is 35.5. The van der Waals surface area contributed by atoms with E-state index in [4.69, 9.17) is 15.2 Å². The summed E-state index contributed by atoms with van der Waals surface area (Å²) in [6.07, 6.45) is 3.02. The van der Waals surface area contributed by atoms with E-state index in [0.29, 0.717) is 36.6 Å². The van der Waals surface area contributed by atoms with Crippen LogP contribution < -0.4 is 15.8 Å². The number of benzene rings is 2. The number of ether oxygens (including phenoxy) is 2. The maximum Gasteiger partial charge on any atom is 0.338 e. The number of esters is 1. The van der Waals surface area contributed by atoms with E-state index >= 15 is 0 Å². The van der Waals surface area contributed by atoms with E-state index in [1.54, 1.807) is 18.2 Å². The number of amides is 1. The van der Waals surface area contributed by atoms with Crippen molar-refractivity contribution in [1.29, 1.82) is 0 Å². The van der Waals surface area contributed by atoms with Crippen LogP contribution in [0.5, 0.6) is 5.75 Å². The first-order valence-electron chi connectivity index (χ1n) is 10.1. The minimum Gasteiger partial charge on any atom is -0.491 e. The lowest BCUT2D eigenvalue weighted by atomic mass is 10.1. The molecule has 0 unspecified atom stereocenters. The summed E-state index contributed by atoms with van der Waals surface area (Å²) in [5.74, 6) is -0.286. The summed E-state index contributed by atoms with van der Waals surface area (Å²) >= 11 is 0. The van der Waals surface area contributed by atoms with Gasteiger partial charge in [-0.05, 0) is 43.0 Å². The Balaban J connectivity index is 0.00000450. The topological polar surface area (TPSA) is 90.6 Å². The number of carbonyl (C=O) groups excluding carboxylic acids is 2. The molecule has 0 aliphatic carbocycles. The molecular formula is C23H32Cl2N2O4. The van der Waals surface area contributed by atoms with Crippen LogP contribution in [0.15, 0.2) is 48.5 Å². The Labute approximate surface area is 196 Å². The lowest BCUT2D eigenvalue weighted by Crippen LogP contribution is -2.37. The lowest BCUT2D eigenvalue weighted by molar-refractivity contribution is -0.117. The van der Waals surface area contributed by atoms with Crippen LogP contribution in [0.4, 0.5) is 5.69 Å². The molecule has 0 radical (unpaired) electrons. The largest absolute Gasteiger partial charge is 0.491 e. The molecule has 0 spiro atoms. The first kappa shape index (κ1) is 28.7. The van der Waals surface area contributed by atoms with Crippen molar-refractivity contribution in [2.75, 3.05) is 18.5 Å². The normalized spacial score (nSPS) is 10.8. The van der Waals surface area contributed by atoms with Crippen LogP contribution in [0, 0.1) is 0 Å². The molecule has 0 saturated heterocycles. The van der Waals surface area contributed by atoms with E-state index in [-0.39, 0.29) is 30.7 Å². The third kappa shape index (κ3) is 9.59. The van der Waals surface area contributed by atoms with E-state index in [1.165, 1.54) is 0 Å². The van der Waals surface area contributed by atoms with Crippen LogP contribution in [0.3, 0.4) is 0 Å². The molecule has 31 heavy (non-hydrogen) atoms. The molecule has 0 aromatic heterocycles. The van der Waals surface area contributed by atoms with E-state index in [1.807, 2.05) is 37.3 Å². The van der Waals surface area contributed by atoms with E-state index in [0.717, 1.165) is 24.8 Å². The molecule has 3 N–H and O–H groups in total. The maximum absolute atomic E-state index is 12.6. The zero-order chi connectivity index (χ0) is 21.1. The number of hydrogen-bond acceptors (Lipinski definition) is 5. The van der Waals surface area contributed by atoms with Gasteiger partial charge in [0, 0.05) is 0 Å². The zero-order valence-corrected chi connectivity index (χ0v) is 19.6. The van der Waals surface area contributed by atoms with Gasteiger partial charge in [0.25, 0.3) is 0 Å². The molecule has 2 aromatic carbocycles. The molecular weight excluding hydrogens is 439 g/mol. The van der Waals surface area contributed by atoms with Gasteiger partial charge in [0.15, 0.2) is 0 Å². The number of nitrogens with one attached hydrogen (secondary N) is 1. The molecule has 0 saturated carbocycles. The Hall–Kier alpha value is -2.28. The van der Waals surface area contributed by atoms with Crippen LogP contribution in [-0.4, -0.2) is 31.1 Å². The number of nitrogens with two attached hydrogens (primary N) is 1. The van der Waals surface area contributed by atoms with Crippen molar-refractivity contribution in [2.24, 2.45) is 5.73 Å². The van der Waals surface area contributed by atoms with E-state index < -0.39 is 12.0 Å². The number of halogens is 2. The standard InChI is InChI=1S/C23H30N2O4.2ClH/c1-3-5-14-28-21-16-18(23(27)29-13-4-2)11-12-20(21)25-22(26)19(24)15-17-9-7-6-8-10-17;;/h6-12,16,19H,3-5,13-15,24H2,1-2H3,(H,25,26);2*1H/t19-;;/m1../s1. The van der Waals surface area contributed by atoms with Crippen molar-refractivity contribution in [2.45, 2.75) is 45.6 Å². The Morgan fingerprint density at radius 3 is 2.35 bits per heavy atom. The van der Waals surface area contributed by atoms with Crippen LogP contribution in [-0.2, 0) is 16.0 Å². The van der Waals surface area contributed by atoms with Gasteiger partial charge in [0.1, 0.15) is 5.75 Å². The molecule has 8 heteroatoms. The van der Waals surface area contributed by atoms with Crippen LogP contribution in [0.25, 0.3) is 0 Å². The lowest BCUT2D eigenvalue weighted by Gasteiger charge is -2.16. The Bertz CT molecular complexity index is 803. The van der Waals surface area contributed by atoms with Gasteiger partial charge in [-0.1, -0.05) is 50.6 Å². The molecule has 0 aliphatic rings. The highest BCUT2D eigenvalue weighted by molar-refractivity contribution is 5.97.